The first-order chi connectivity index (χ1) is 22.2. The van der Waals surface area contributed by atoms with Crippen molar-refractivity contribution in [3.05, 3.63) is 12.7 Å². The minimum atomic E-state index is -1.03. The second-order valence-electron chi connectivity index (χ2n) is 16.3. The van der Waals surface area contributed by atoms with Crippen LogP contribution in [0.3, 0.4) is 0 Å². The molecule has 0 aromatic heterocycles. The highest BCUT2D eigenvalue weighted by Crippen LogP contribution is 2.65. The highest BCUT2D eigenvalue weighted by atomic mass is 16.2. The summed E-state index contributed by atoms with van der Waals surface area (Å²) in [7, 11) is 0. The number of hydrogen-bond donors (Lipinski definition) is 5. The zero-order valence-corrected chi connectivity index (χ0v) is 30.5. The molecule has 3 fully saturated rings. The average molecular weight is 674 g/mol. The Bertz CT molecular complexity index is 1250. The van der Waals surface area contributed by atoms with Crippen molar-refractivity contribution in [1.82, 2.24) is 36.4 Å². The Kier molecular flexibility index (Phi) is 12.4. The lowest BCUT2D eigenvalue weighted by Gasteiger charge is -2.40. The molecule has 5 N–H and O–H groups in total. The summed E-state index contributed by atoms with van der Waals surface area (Å²) in [5, 5.41) is 14.1. The van der Waals surface area contributed by atoms with Crippen LogP contribution >= 0.6 is 0 Å². The molecule has 2 saturated heterocycles. The number of ketones is 1. The van der Waals surface area contributed by atoms with E-state index in [0.29, 0.717) is 39.0 Å². The monoisotopic (exact) mass is 673 g/mol. The number of fused-ring (bicyclic) bond motifs is 1. The van der Waals surface area contributed by atoms with E-state index in [1.165, 1.54) is 6.08 Å². The Hall–Kier alpha value is -3.64. The fraction of sp³-hybridized carbons (Fsp3) is 0.771. The van der Waals surface area contributed by atoms with E-state index < -0.39 is 58.6 Å². The van der Waals surface area contributed by atoms with Gasteiger partial charge in [0.05, 0.1) is 12.1 Å². The molecule has 0 spiro atoms. The summed E-state index contributed by atoms with van der Waals surface area (Å²) in [6.07, 6.45) is 3.97. The van der Waals surface area contributed by atoms with Crippen LogP contribution in [0.15, 0.2) is 12.7 Å². The number of nitrogens with zero attached hydrogens (tertiary/aromatic N) is 2. The van der Waals surface area contributed by atoms with Crippen LogP contribution in [0.2, 0.25) is 0 Å². The molecule has 1 unspecified atom stereocenters. The number of rotatable bonds is 14. The second kappa shape index (κ2) is 15.3. The molecule has 13 heteroatoms. The number of amides is 7. The largest absolute Gasteiger partial charge is 0.346 e. The van der Waals surface area contributed by atoms with Crippen LogP contribution < -0.4 is 26.6 Å². The quantitative estimate of drug-likeness (QED) is 0.140. The van der Waals surface area contributed by atoms with Crippen LogP contribution in [0.25, 0.3) is 0 Å². The summed E-state index contributed by atoms with van der Waals surface area (Å²) < 4.78 is 0. The van der Waals surface area contributed by atoms with E-state index in [1.807, 2.05) is 48.5 Å². The predicted molar refractivity (Wildman–Crippen MR) is 184 cm³/mol. The van der Waals surface area contributed by atoms with Gasteiger partial charge in [-0.1, -0.05) is 81.2 Å². The molecular weight excluding hydrogens is 614 g/mol. The molecule has 1 saturated carbocycles. The molecule has 0 aromatic rings. The van der Waals surface area contributed by atoms with Crippen LogP contribution in [-0.2, 0) is 19.2 Å². The molecule has 6 atom stereocenters. The Morgan fingerprint density at radius 2 is 1.71 bits per heavy atom. The number of urea groups is 2. The topological polar surface area (TPSA) is 169 Å². The highest BCUT2D eigenvalue weighted by Gasteiger charge is 2.70. The maximum atomic E-state index is 14.4. The first kappa shape index (κ1) is 38.8. The van der Waals surface area contributed by atoms with Crippen LogP contribution in [-0.4, -0.2) is 102 Å². The van der Waals surface area contributed by atoms with E-state index in [9.17, 15) is 28.8 Å². The Labute approximate surface area is 286 Å². The van der Waals surface area contributed by atoms with E-state index in [1.54, 1.807) is 9.80 Å². The van der Waals surface area contributed by atoms with Gasteiger partial charge in [0, 0.05) is 32.7 Å². The van der Waals surface area contributed by atoms with Crippen molar-refractivity contribution in [3.63, 3.8) is 0 Å². The van der Waals surface area contributed by atoms with Crippen LogP contribution in [0.4, 0.5) is 9.59 Å². The standard InChI is InChI=1S/C35H59N7O6/c1-11-13-15-22(26(43)29(45)36-16-12-2)38-28(44)25-24-21(35(24,9)10)19-42(25)30(46)27(34(6,7)8)40-31(47)39-23(33(3,4)5)20-41-18-14-17-37-32(41)48/h12,21-25,27H,2,11,13-20H2,1,3-10H3,(H,36,45)(H,37,48)(H,38,44)(H2,39,40,47)/t21-,22?,23+,24-,25-,27+/m0/s1. The van der Waals surface area contributed by atoms with Gasteiger partial charge in [0.25, 0.3) is 5.91 Å². The number of carbonyl (C=O) groups excluding carboxylic acids is 6. The molecule has 0 radical (unpaired) electrons. The second-order valence-corrected chi connectivity index (χ2v) is 16.3. The third kappa shape index (κ3) is 9.07. The molecule has 0 bridgehead atoms. The highest BCUT2D eigenvalue weighted by molar-refractivity contribution is 6.38. The lowest BCUT2D eigenvalue weighted by atomic mass is 9.84. The van der Waals surface area contributed by atoms with Gasteiger partial charge >= 0.3 is 12.1 Å². The van der Waals surface area contributed by atoms with E-state index in [4.69, 9.17) is 0 Å². The lowest BCUT2D eigenvalue weighted by Crippen LogP contribution is -2.63. The van der Waals surface area contributed by atoms with Gasteiger partial charge in [0.1, 0.15) is 12.1 Å². The number of hydrogen-bond acceptors (Lipinski definition) is 6. The molecule has 3 aliphatic rings. The molecule has 7 amide bonds. The van der Waals surface area contributed by atoms with Crippen molar-refractivity contribution in [1.29, 1.82) is 0 Å². The van der Waals surface area contributed by atoms with Gasteiger partial charge in [-0.25, -0.2) is 9.59 Å². The first-order valence-electron chi connectivity index (χ1n) is 17.4. The third-order valence-corrected chi connectivity index (χ3v) is 10.2. The van der Waals surface area contributed by atoms with Crippen molar-refractivity contribution in [2.75, 3.05) is 32.7 Å². The molecule has 2 heterocycles. The van der Waals surface area contributed by atoms with Gasteiger partial charge in [-0.05, 0) is 40.9 Å². The minimum absolute atomic E-state index is 0.0771. The fourth-order valence-corrected chi connectivity index (χ4v) is 6.91. The van der Waals surface area contributed by atoms with Crippen molar-refractivity contribution in [3.8, 4) is 0 Å². The average Bonchev–Trinajstić information content (AvgIpc) is 3.31. The molecular formula is C35H59N7O6. The molecule has 1 aliphatic carbocycles. The number of Topliss-reactive ketones (excluding diaryl/α,β-unsaturated/α-hetero) is 1. The van der Waals surface area contributed by atoms with Gasteiger partial charge in [0.15, 0.2) is 0 Å². The summed E-state index contributed by atoms with van der Waals surface area (Å²) in [6, 6.07) is -3.98. The van der Waals surface area contributed by atoms with Crippen molar-refractivity contribution >= 4 is 35.6 Å². The van der Waals surface area contributed by atoms with Crippen molar-refractivity contribution < 1.29 is 28.8 Å². The number of unbranched alkanes of at least 4 members (excludes halogenated alkanes) is 1. The molecule has 2 aliphatic heterocycles. The predicted octanol–water partition coefficient (Wildman–Crippen LogP) is 2.56. The molecule has 0 aromatic carbocycles. The van der Waals surface area contributed by atoms with Crippen LogP contribution in [0.5, 0.6) is 0 Å². The minimum Gasteiger partial charge on any atom is -0.346 e. The molecule has 3 rings (SSSR count). The molecule has 48 heavy (non-hydrogen) atoms. The normalized spacial score (nSPS) is 23.5. The Balaban J connectivity index is 1.82. The SMILES string of the molecule is C=CCNC(=O)C(=O)C(CCCC)NC(=O)[C@@H]1[C@@H]2[C@H](CN1C(=O)[C@@H](NC(=O)N[C@H](CN1CCCNC1=O)C(C)(C)C)C(C)(C)C)C2(C)C. The Morgan fingerprint density at radius 3 is 2.27 bits per heavy atom. The van der Waals surface area contributed by atoms with Crippen molar-refractivity contribution in [2.45, 2.75) is 112 Å². The van der Waals surface area contributed by atoms with Gasteiger partial charge in [-0.15, -0.1) is 6.58 Å². The number of likely N-dealkylation sites (tertiary alicyclic amines) is 1. The zero-order valence-electron chi connectivity index (χ0n) is 30.5. The molecule has 270 valence electrons. The maximum Gasteiger partial charge on any atom is 0.317 e. The van der Waals surface area contributed by atoms with Crippen LogP contribution in [0, 0.1) is 28.1 Å². The summed E-state index contributed by atoms with van der Waals surface area (Å²) >= 11 is 0. The Morgan fingerprint density at radius 1 is 1.04 bits per heavy atom. The van der Waals surface area contributed by atoms with E-state index in [-0.39, 0.29) is 35.7 Å². The van der Waals surface area contributed by atoms with E-state index in [0.717, 1.165) is 12.8 Å². The van der Waals surface area contributed by atoms with Gasteiger partial charge in [-0.3, -0.25) is 19.2 Å². The summed E-state index contributed by atoms with van der Waals surface area (Å²) in [5.74, 6) is -2.44. The van der Waals surface area contributed by atoms with E-state index >= 15 is 0 Å². The number of piperidine rings is 1. The number of nitrogens with one attached hydrogen (secondary N) is 5. The zero-order chi connectivity index (χ0) is 36.2. The van der Waals surface area contributed by atoms with Crippen LogP contribution in [0.1, 0.15) is 88.0 Å². The summed E-state index contributed by atoms with van der Waals surface area (Å²) in [4.78, 5) is 83.3. The number of carbonyl (C=O) groups is 6. The van der Waals surface area contributed by atoms with Gasteiger partial charge < -0.3 is 36.4 Å². The summed E-state index contributed by atoms with van der Waals surface area (Å²) in [6.45, 7) is 23.1. The molecule has 13 nitrogen and oxygen atoms in total. The smallest absolute Gasteiger partial charge is 0.317 e. The maximum absolute atomic E-state index is 14.4. The third-order valence-electron chi connectivity index (χ3n) is 10.2. The fourth-order valence-electron chi connectivity index (χ4n) is 6.91. The van der Waals surface area contributed by atoms with E-state index in [2.05, 4.69) is 47.0 Å². The first-order valence-corrected chi connectivity index (χ1v) is 17.4. The van der Waals surface area contributed by atoms with Gasteiger partial charge in [0.2, 0.25) is 17.6 Å². The lowest BCUT2D eigenvalue weighted by molar-refractivity contribution is -0.145. The van der Waals surface area contributed by atoms with Gasteiger partial charge in [-0.2, -0.15) is 0 Å². The summed E-state index contributed by atoms with van der Waals surface area (Å²) in [5.41, 5.74) is -1.30. The van der Waals surface area contributed by atoms with Crippen molar-refractivity contribution in [2.24, 2.45) is 28.1 Å².